The Hall–Kier alpha value is -2.45. The Morgan fingerprint density at radius 3 is 2.38 bits per heavy atom. The van der Waals surface area contributed by atoms with E-state index < -0.39 is 0 Å². The van der Waals surface area contributed by atoms with Gasteiger partial charge < -0.3 is 5.73 Å². The lowest BCUT2D eigenvalue weighted by molar-refractivity contribution is 1.47. The number of benzene rings is 2. The number of hydrogen-bond acceptors (Lipinski definition) is 2. The van der Waals surface area contributed by atoms with Gasteiger partial charge in [0.1, 0.15) is 0 Å². The third-order valence-electron chi connectivity index (χ3n) is 2.25. The zero-order chi connectivity index (χ0) is 11.4. The molecule has 4 nitrogen and oxygen atoms in total. The van der Waals surface area contributed by atoms with Gasteiger partial charge in [0.05, 0.1) is 0 Å². The number of nitrogens with two attached hydrogens (primary N) is 1. The molecule has 0 atom stereocenters. The molecule has 0 radical (unpaired) electrons. The molecule has 0 aliphatic heterocycles. The Balaban J connectivity index is 2.38. The quantitative estimate of drug-likeness (QED) is 0.347. The summed E-state index contributed by atoms with van der Waals surface area (Å²) in [7, 11) is 0. The van der Waals surface area contributed by atoms with Gasteiger partial charge in [-0.2, -0.15) is 0 Å². The van der Waals surface area contributed by atoms with Crippen molar-refractivity contribution < 1.29 is 0 Å². The normalized spacial score (nSPS) is 9.50. The van der Waals surface area contributed by atoms with Crippen LogP contribution in [0.1, 0.15) is 0 Å². The van der Waals surface area contributed by atoms with Crippen molar-refractivity contribution in [3.05, 3.63) is 59.0 Å². The van der Waals surface area contributed by atoms with Crippen LogP contribution in [0, 0.1) is 0 Å². The van der Waals surface area contributed by atoms with Gasteiger partial charge >= 0.3 is 0 Å². The number of nitrogens with zero attached hydrogens (tertiary/aromatic N) is 3. The monoisotopic (exact) mass is 210 g/mol. The Morgan fingerprint density at radius 1 is 1.00 bits per heavy atom. The van der Waals surface area contributed by atoms with Crippen molar-refractivity contribution >= 4 is 11.4 Å². The summed E-state index contributed by atoms with van der Waals surface area (Å²) in [5.74, 6) is 0. The fourth-order valence-electron chi connectivity index (χ4n) is 1.49. The van der Waals surface area contributed by atoms with E-state index in [1.807, 2.05) is 36.4 Å². The lowest BCUT2D eigenvalue weighted by Crippen LogP contribution is -1.84. The summed E-state index contributed by atoms with van der Waals surface area (Å²) in [5, 5.41) is 3.51. The number of rotatable bonds is 2. The van der Waals surface area contributed by atoms with E-state index in [4.69, 9.17) is 11.3 Å². The van der Waals surface area contributed by atoms with E-state index in [2.05, 4.69) is 10.0 Å². The van der Waals surface area contributed by atoms with Gasteiger partial charge in [0.15, 0.2) is 0 Å². The molecule has 0 unspecified atom stereocenters. The minimum absolute atomic E-state index is 0.607. The summed E-state index contributed by atoms with van der Waals surface area (Å²) in [4.78, 5) is 2.73. The van der Waals surface area contributed by atoms with Crippen molar-refractivity contribution in [2.45, 2.75) is 0 Å². The summed E-state index contributed by atoms with van der Waals surface area (Å²) in [6.45, 7) is 0. The van der Waals surface area contributed by atoms with E-state index in [1.54, 1.807) is 12.1 Å². The standard InChI is InChI=1S/C12H10N4/c13-11-3-1-2-10(8-11)9-4-6-12(7-5-9)15-16-14/h1-8H,13H2. The van der Waals surface area contributed by atoms with Crippen molar-refractivity contribution in [1.29, 1.82) is 0 Å². The van der Waals surface area contributed by atoms with Crippen LogP contribution in [0.15, 0.2) is 53.6 Å². The average molecular weight is 210 g/mol. The minimum Gasteiger partial charge on any atom is -0.399 e. The van der Waals surface area contributed by atoms with Crippen molar-refractivity contribution in [3.8, 4) is 11.1 Å². The molecule has 0 saturated heterocycles. The molecule has 0 spiro atoms. The second-order valence-electron chi connectivity index (χ2n) is 3.36. The molecule has 0 heterocycles. The van der Waals surface area contributed by atoms with Gasteiger partial charge in [-0.3, -0.25) is 0 Å². The predicted octanol–water partition coefficient (Wildman–Crippen LogP) is 3.88. The van der Waals surface area contributed by atoms with Gasteiger partial charge in [0.25, 0.3) is 0 Å². The lowest BCUT2D eigenvalue weighted by Gasteiger charge is -2.02. The largest absolute Gasteiger partial charge is 0.399 e. The number of azide groups is 1. The molecule has 0 bridgehead atoms. The first kappa shape index (κ1) is 10.1. The van der Waals surface area contributed by atoms with Gasteiger partial charge in [-0.05, 0) is 28.8 Å². The van der Waals surface area contributed by atoms with Crippen LogP contribution in [0.3, 0.4) is 0 Å². The molecule has 0 fully saturated rings. The molecule has 2 rings (SSSR count). The molecule has 0 aliphatic rings. The topological polar surface area (TPSA) is 74.8 Å². The average Bonchev–Trinajstić information content (AvgIpc) is 2.30. The third kappa shape index (κ3) is 2.13. The Labute approximate surface area is 93.0 Å². The fraction of sp³-hybridized carbons (Fsp3) is 0. The van der Waals surface area contributed by atoms with Gasteiger partial charge in [-0.15, -0.1) is 0 Å². The second kappa shape index (κ2) is 4.38. The number of hydrogen-bond donors (Lipinski definition) is 1. The summed E-state index contributed by atoms with van der Waals surface area (Å²) in [6.07, 6.45) is 0. The minimum atomic E-state index is 0.607. The molecule has 2 aromatic rings. The number of anilines is 1. The first-order valence-corrected chi connectivity index (χ1v) is 4.81. The molecular formula is C12H10N4. The first-order valence-electron chi connectivity index (χ1n) is 4.81. The maximum atomic E-state index is 8.28. The summed E-state index contributed by atoms with van der Waals surface area (Å²) < 4.78 is 0. The second-order valence-corrected chi connectivity index (χ2v) is 3.36. The summed E-state index contributed by atoms with van der Waals surface area (Å²) in [6, 6.07) is 15.0. The Kier molecular flexibility index (Phi) is 2.76. The van der Waals surface area contributed by atoms with E-state index in [-0.39, 0.29) is 0 Å². The van der Waals surface area contributed by atoms with E-state index in [0.29, 0.717) is 5.69 Å². The highest BCUT2D eigenvalue weighted by Crippen LogP contribution is 2.24. The maximum Gasteiger partial charge on any atom is 0.0375 e. The van der Waals surface area contributed by atoms with Crippen molar-refractivity contribution in [3.63, 3.8) is 0 Å². The fourth-order valence-corrected chi connectivity index (χ4v) is 1.49. The molecule has 78 valence electrons. The lowest BCUT2D eigenvalue weighted by atomic mass is 10.1. The summed E-state index contributed by atoms with van der Waals surface area (Å²) in [5.41, 5.74) is 17.4. The molecule has 0 aliphatic carbocycles. The van der Waals surface area contributed by atoms with Crippen LogP contribution in [-0.4, -0.2) is 0 Å². The molecule has 0 saturated carbocycles. The van der Waals surface area contributed by atoms with Crippen molar-refractivity contribution in [1.82, 2.24) is 0 Å². The SMILES string of the molecule is [N-]=[N+]=Nc1ccc(-c2cccc(N)c2)cc1. The maximum absolute atomic E-state index is 8.28. The van der Waals surface area contributed by atoms with Crippen LogP contribution < -0.4 is 5.73 Å². The van der Waals surface area contributed by atoms with Crippen LogP contribution in [0.5, 0.6) is 0 Å². The third-order valence-corrected chi connectivity index (χ3v) is 2.25. The molecule has 2 aromatic carbocycles. The van der Waals surface area contributed by atoms with Gasteiger partial charge in [-0.1, -0.05) is 41.5 Å². The highest BCUT2D eigenvalue weighted by Gasteiger charge is 1.97. The molecule has 16 heavy (non-hydrogen) atoms. The van der Waals surface area contributed by atoms with Crippen LogP contribution in [0.2, 0.25) is 0 Å². The highest BCUT2D eigenvalue weighted by molar-refractivity contribution is 5.68. The smallest absolute Gasteiger partial charge is 0.0375 e. The highest BCUT2D eigenvalue weighted by atomic mass is 15.1. The van der Waals surface area contributed by atoms with Crippen molar-refractivity contribution in [2.24, 2.45) is 5.11 Å². The zero-order valence-electron chi connectivity index (χ0n) is 8.54. The molecule has 0 aromatic heterocycles. The van der Waals surface area contributed by atoms with E-state index in [9.17, 15) is 0 Å². The van der Waals surface area contributed by atoms with Crippen LogP contribution in [0.4, 0.5) is 11.4 Å². The first-order chi connectivity index (χ1) is 7.79. The molecule has 4 heteroatoms. The van der Waals surface area contributed by atoms with Gasteiger partial charge in [-0.25, -0.2) is 0 Å². The zero-order valence-corrected chi connectivity index (χ0v) is 8.54. The van der Waals surface area contributed by atoms with Gasteiger partial charge in [0.2, 0.25) is 0 Å². The van der Waals surface area contributed by atoms with Gasteiger partial charge in [0, 0.05) is 16.3 Å². The Bertz CT molecular complexity index is 539. The Morgan fingerprint density at radius 2 is 1.75 bits per heavy atom. The molecular weight excluding hydrogens is 200 g/mol. The molecule has 0 amide bonds. The van der Waals surface area contributed by atoms with E-state index in [1.165, 1.54) is 0 Å². The van der Waals surface area contributed by atoms with Crippen molar-refractivity contribution in [2.75, 3.05) is 5.73 Å². The predicted molar refractivity (Wildman–Crippen MR) is 65.1 cm³/mol. The van der Waals surface area contributed by atoms with E-state index >= 15 is 0 Å². The number of nitrogen functional groups attached to an aromatic ring is 1. The molecule has 2 N–H and O–H groups in total. The van der Waals surface area contributed by atoms with E-state index in [0.717, 1.165) is 16.8 Å². The van der Waals surface area contributed by atoms with Crippen LogP contribution >= 0.6 is 0 Å². The summed E-state index contributed by atoms with van der Waals surface area (Å²) >= 11 is 0. The van der Waals surface area contributed by atoms with Crippen LogP contribution in [0.25, 0.3) is 21.6 Å². The van der Waals surface area contributed by atoms with Crippen LogP contribution in [-0.2, 0) is 0 Å².